The van der Waals surface area contributed by atoms with Gasteiger partial charge in [0.15, 0.2) is 9.84 Å². The summed E-state index contributed by atoms with van der Waals surface area (Å²) in [5.74, 6) is 0. The molecule has 1 aromatic rings. The van der Waals surface area contributed by atoms with Crippen molar-refractivity contribution in [3.05, 3.63) is 28.3 Å². The maximum atomic E-state index is 12.0. The second-order valence-electron chi connectivity index (χ2n) is 6.97. The first-order valence-corrected chi connectivity index (χ1v) is 10.7. The summed E-state index contributed by atoms with van der Waals surface area (Å²) in [4.78, 5) is 15.4. The summed E-state index contributed by atoms with van der Waals surface area (Å²) in [5.41, 5.74) is 0.139. The van der Waals surface area contributed by atoms with E-state index in [9.17, 15) is 18.5 Å². The second kappa shape index (κ2) is 7.29. The molecule has 1 aromatic carbocycles. The van der Waals surface area contributed by atoms with Crippen molar-refractivity contribution in [2.45, 2.75) is 43.0 Å². The van der Waals surface area contributed by atoms with Crippen molar-refractivity contribution >= 4 is 21.2 Å². The monoisotopic (exact) mass is 367 g/mol. The van der Waals surface area contributed by atoms with Crippen LogP contribution in [0, 0.1) is 10.1 Å². The molecule has 3 rings (SSSR count). The summed E-state index contributed by atoms with van der Waals surface area (Å²) in [5, 5.41) is 11.6. The van der Waals surface area contributed by atoms with Crippen LogP contribution < -0.4 is 4.90 Å². The summed E-state index contributed by atoms with van der Waals surface area (Å²) in [6.07, 6.45) is 6.53. The average molecular weight is 367 g/mol. The lowest BCUT2D eigenvalue weighted by molar-refractivity contribution is -0.387. The fraction of sp³-hybridized carbons (Fsp3) is 0.647. The Hall–Kier alpha value is -1.67. The van der Waals surface area contributed by atoms with E-state index in [-0.39, 0.29) is 10.6 Å². The van der Waals surface area contributed by atoms with E-state index in [4.69, 9.17) is 0 Å². The van der Waals surface area contributed by atoms with Gasteiger partial charge in [0.2, 0.25) is 0 Å². The number of anilines is 1. The zero-order valence-electron chi connectivity index (χ0n) is 14.6. The molecule has 138 valence electrons. The van der Waals surface area contributed by atoms with E-state index >= 15 is 0 Å². The number of nitro benzene ring substituents is 1. The van der Waals surface area contributed by atoms with Crippen LogP contribution in [0.4, 0.5) is 11.4 Å². The molecule has 7 nitrogen and oxygen atoms in total. The smallest absolute Gasteiger partial charge is 0.311 e. The van der Waals surface area contributed by atoms with Crippen LogP contribution in [-0.4, -0.2) is 56.7 Å². The molecule has 0 radical (unpaired) electrons. The van der Waals surface area contributed by atoms with E-state index in [1.165, 1.54) is 18.9 Å². The topological polar surface area (TPSA) is 83.8 Å². The molecule has 2 heterocycles. The van der Waals surface area contributed by atoms with Crippen molar-refractivity contribution in [1.29, 1.82) is 0 Å². The number of hydrogen-bond donors (Lipinski definition) is 0. The van der Waals surface area contributed by atoms with Gasteiger partial charge in [-0.1, -0.05) is 6.07 Å². The van der Waals surface area contributed by atoms with Gasteiger partial charge in [0.1, 0.15) is 10.6 Å². The largest absolute Gasteiger partial charge is 0.366 e. The summed E-state index contributed by atoms with van der Waals surface area (Å²) >= 11 is 0. The van der Waals surface area contributed by atoms with E-state index in [0.717, 1.165) is 51.7 Å². The van der Waals surface area contributed by atoms with Crippen molar-refractivity contribution in [2.24, 2.45) is 0 Å². The molecule has 2 aliphatic rings. The highest BCUT2D eigenvalue weighted by Gasteiger charge is 2.31. The quantitative estimate of drug-likeness (QED) is 0.600. The summed E-state index contributed by atoms with van der Waals surface area (Å²) in [6.45, 7) is 3.73. The van der Waals surface area contributed by atoms with Gasteiger partial charge in [0.05, 0.1) is 4.92 Å². The molecule has 1 atom stereocenters. The molecule has 8 heteroatoms. The molecule has 0 spiro atoms. The molecule has 25 heavy (non-hydrogen) atoms. The summed E-state index contributed by atoms with van der Waals surface area (Å²) in [7, 11) is -3.65. The first-order valence-electron chi connectivity index (χ1n) is 8.84. The van der Waals surface area contributed by atoms with Gasteiger partial charge in [0, 0.05) is 25.4 Å². The third-order valence-corrected chi connectivity index (χ3v) is 6.38. The Morgan fingerprint density at radius 3 is 2.44 bits per heavy atom. The van der Waals surface area contributed by atoms with Gasteiger partial charge in [0.25, 0.3) is 0 Å². The molecule has 0 saturated carbocycles. The fourth-order valence-corrected chi connectivity index (χ4v) is 4.90. The van der Waals surface area contributed by atoms with Crippen LogP contribution >= 0.6 is 0 Å². The Morgan fingerprint density at radius 1 is 1.08 bits per heavy atom. The average Bonchev–Trinajstić information content (AvgIpc) is 2.98. The lowest BCUT2D eigenvalue weighted by Crippen LogP contribution is -2.34. The van der Waals surface area contributed by atoms with E-state index in [1.54, 1.807) is 12.1 Å². The van der Waals surface area contributed by atoms with Gasteiger partial charge in [-0.2, -0.15) is 0 Å². The lowest BCUT2D eigenvalue weighted by Gasteiger charge is -2.27. The molecule has 2 fully saturated rings. The molecule has 0 N–H and O–H groups in total. The van der Waals surface area contributed by atoms with Crippen LogP contribution in [0.15, 0.2) is 23.1 Å². The molecular weight excluding hydrogens is 342 g/mol. The Labute approximate surface area is 148 Å². The highest BCUT2D eigenvalue weighted by atomic mass is 32.2. The zero-order valence-corrected chi connectivity index (χ0v) is 15.4. The normalized spacial score (nSPS) is 22.8. The number of hydrogen-bond acceptors (Lipinski definition) is 6. The van der Waals surface area contributed by atoms with Crippen molar-refractivity contribution in [1.82, 2.24) is 4.90 Å². The predicted octanol–water partition coefficient (Wildman–Crippen LogP) is 2.45. The molecule has 1 unspecified atom stereocenters. The van der Waals surface area contributed by atoms with Crippen molar-refractivity contribution in [3.8, 4) is 0 Å². The molecule has 0 bridgehead atoms. The SMILES string of the molecule is CS(=O)(=O)c1cccc(N2CCCC(N3CCCC3)CC2)c1[N+](=O)[O-]. The molecular formula is C17H25N3O4S. The second-order valence-corrected chi connectivity index (χ2v) is 8.95. The maximum Gasteiger partial charge on any atom is 0.311 e. The standard InChI is InChI=1S/C17H25N3O4S/c1-25(23,24)16-8-4-7-15(17(16)20(21)22)19-12-5-6-14(9-13-19)18-10-2-3-11-18/h4,7-8,14H,2-3,5-6,9-13H2,1H3. The number of nitrogens with zero attached hydrogens (tertiary/aromatic N) is 3. The minimum atomic E-state index is -3.65. The predicted molar refractivity (Wildman–Crippen MR) is 96.9 cm³/mol. The van der Waals surface area contributed by atoms with E-state index in [0.29, 0.717) is 11.7 Å². The van der Waals surface area contributed by atoms with Crippen LogP contribution in [0.25, 0.3) is 0 Å². The maximum absolute atomic E-state index is 12.0. The number of benzene rings is 1. The van der Waals surface area contributed by atoms with Crippen molar-refractivity contribution < 1.29 is 13.3 Å². The lowest BCUT2D eigenvalue weighted by atomic mass is 10.1. The van der Waals surface area contributed by atoms with E-state index in [1.807, 2.05) is 4.90 Å². The summed E-state index contributed by atoms with van der Waals surface area (Å²) in [6, 6.07) is 5.12. The van der Waals surface area contributed by atoms with Crippen molar-refractivity contribution in [2.75, 3.05) is 37.3 Å². The molecule has 2 saturated heterocycles. The number of rotatable bonds is 4. The third-order valence-electron chi connectivity index (χ3n) is 5.26. The summed E-state index contributed by atoms with van der Waals surface area (Å²) < 4.78 is 23.9. The van der Waals surface area contributed by atoms with Gasteiger partial charge >= 0.3 is 5.69 Å². The third kappa shape index (κ3) is 3.95. The van der Waals surface area contributed by atoms with Gasteiger partial charge in [-0.25, -0.2) is 8.42 Å². The van der Waals surface area contributed by atoms with Crippen LogP contribution in [0.2, 0.25) is 0 Å². The van der Waals surface area contributed by atoms with E-state index in [2.05, 4.69) is 4.90 Å². The first kappa shape index (κ1) is 18.1. The molecule has 0 aliphatic carbocycles. The Morgan fingerprint density at radius 2 is 1.80 bits per heavy atom. The van der Waals surface area contributed by atoms with E-state index < -0.39 is 14.8 Å². The Balaban J connectivity index is 1.87. The number of likely N-dealkylation sites (tertiary alicyclic amines) is 1. The Bertz CT molecular complexity index is 744. The number of sulfone groups is 1. The van der Waals surface area contributed by atoms with Gasteiger partial charge in [-0.3, -0.25) is 10.1 Å². The highest BCUT2D eigenvalue weighted by Crippen LogP contribution is 2.36. The zero-order chi connectivity index (χ0) is 18.0. The van der Waals surface area contributed by atoms with Crippen LogP contribution in [0.5, 0.6) is 0 Å². The number of para-hydroxylation sites is 1. The van der Waals surface area contributed by atoms with Gasteiger partial charge in [-0.05, 0) is 57.3 Å². The fourth-order valence-electron chi connectivity index (χ4n) is 4.04. The van der Waals surface area contributed by atoms with Gasteiger partial charge in [-0.15, -0.1) is 0 Å². The van der Waals surface area contributed by atoms with Crippen LogP contribution in [0.1, 0.15) is 32.1 Å². The minimum absolute atomic E-state index is 0.199. The highest BCUT2D eigenvalue weighted by molar-refractivity contribution is 7.90. The molecule has 0 amide bonds. The first-order chi connectivity index (χ1) is 11.9. The molecule has 0 aromatic heterocycles. The van der Waals surface area contributed by atoms with Crippen LogP contribution in [0.3, 0.4) is 0 Å². The Kier molecular flexibility index (Phi) is 5.29. The molecule has 2 aliphatic heterocycles. The van der Waals surface area contributed by atoms with Crippen molar-refractivity contribution in [3.63, 3.8) is 0 Å². The number of nitro groups is 1. The van der Waals surface area contributed by atoms with Crippen LogP contribution in [-0.2, 0) is 9.84 Å². The minimum Gasteiger partial charge on any atom is -0.366 e. The van der Waals surface area contributed by atoms with Gasteiger partial charge < -0.3 is 9.80 Å².